The molecule has 5 aromatic rings. The SMILES string of the molecule is CCN1CCC(C[C@@H](NC(=O)[C@H](Cc2cc(C)c3[nH]ncc3c2)NC(=O)N2CCC(c3cc4ccccc4[nH]c3=O)CC2)C(=O)N2CCN(c3ccncc3)CC2)CC1. The van der Waals surface area contributed by atoms with Gasteiger partial charge in [0, 0.05) is 80.2 Å². The van der Waals surface area contributed by atoms with Crippen LogP contribution in [0.5, 0.6) is 0 Å². The summed E-state index contributed by atoms with van der Waals surface area (Å²) in [5, 5.41) is 15.5. The molecule has 310 valence electrons. The number of hydrogen-bond donors (Lipinski definition) is 4. The van der Waals surface area contributed by atoms with E-state index in [1.807, 2.05) is 66.4 Å². The zero-order valence-corrected chi connectivity index (χ0v) is 34.2. The lowest BCUT2D eigenvalue weighted by Gasteiger charge is -2.39. The summed E-state index contributed by atoms with van der Waals surface area (Å²) in [6.45, 7) is 10.5. The molecular formula is C45H56N10O4. The van der Waals surface area contributed by atoms with Gasteiger partial charge < -0.3 is 35.2 Å². The number of piperazine rings is 1. The van der Waals surface area contributed by atoms with Crippen LogP contribution >= 0.6 is 0 Å². The molecule has 3 aliphatic heterocycles. The van der Waals surface area contributed by atoms with Crippen molar-refractivity contribution < 1.29 is 14.4 Å². The summed E-state index contributed by atoms with van der Waals surface area (Å²) >= 11 is 0. The second-order valence-electron chi connectivity index (χ2n) is 16.5. The van der Waals surface area contributed by atoms with Gasteiger partial charge in [0.15, 0.2) is 0 Å². The van der Waals surface area contributed by atoms with Gasteiger partial charge in [-0.2, -0.15) is 5.10 Å². The highest BCUT2D eigenvalue weighted by Crippen LogP contribution is 2.28. The van der Waals surface area contributed by atoms with Crippen LogP contribution in [-0.4, -0.2) is 124 Å². The Balaban J connectivity index is 0.990. The van der Waals surface area contributed by atoms with Gasteiger partial charge in [-0.25, -0.2) is 4.79 Å². The summed E-state index contributed by atoms with van der Waals surface area (Å²) in [6, 6.07) is 15.7. The number of pyridine rings is 2. The zero-order valence-electron chi connectivity index (χ0n) is 34.2. The Labute approximate surface area is 344 Å². The quantitative estimate of drug-likeness (QED) is 0.151. The molecule has 0 radical (unpaired) electrons. The van der Waals surface area contributed by atoms with Gasteiger partial charge in [0.05, 0.1) is 11.7 Å². The summed E-state index contributed by atoms with van der Waals surface area (Å²) < 4.78 is 0. The lowest BCUT2D eigenvalue weighted by molar-refractivity contribution is -0.137. The molecule has 59 heavy (non-hydrogen) atoms. The van der Waals surface area contributed by atoms with Crippen molar-refractivity contribution in [3.63, 3.8) is 0 Å². The van der Waals surface area contributed by atoms with Crippen LogP contribution in [0.25, 0.3) is 21.8 Å². The van der Waals surface area contributed by atoms with Crippen LogP contribution in [0.15, 0.2) is 78.0 Å². The second-order valence-corrected chi connectivity index (χ2v) is 16.5. The van der Waals surface area contributed by atoms with Gasteiger partial charge in [0.2, 0.25) is 11.8 Å². The summed E-state index contributed by atoms with van der Waals surface area (Å²) in [4.78, 5) is 71.7. The van der Waals surface area contributed by atoms with Crippen molar-refractivity contribution in [2.45, 2.75) is 70.4 Å². The van der Waals surface area contributed by atoms with Crippen LogP contribution in [0.3, 0.4) is 0 Å². The van der Waals surface area contributed by atoms with E-state index in [9.17, 15) is 19.2 Å². The standard InChI is InChI=1S/C45H56N10O4/c1-3-52-16-10-31(11-17-52)26-40(44(58)54-22-20-53(21-23-54)36-8-14-46-15-9-36)49-43(57)39(27-32-24-30(2)41-35(25-32)29-47-51-41)50-45(59)55-18-12-33(13-19-55)37-28-34-6-4-5-7-38(34)48-42(37)56/h4-9,14-15,24-25,28-29,31,33,39-40H,3,10-13,16-23,26-27H2,1-2H3,(H,47,51)(H,48,56)(H,49,57)(H,50,59)/t39-,40+/m0/s1. The van der Waals surface area contributed by atoms with Crippen molar-refractivity contribution in [2.75, 3.05) is 63.8 Å². The van der Waals surface area contributed by atoms with Crippen molar-refractivity contribution in [1.82, 2.24) is 45.5 Å². The molecule has 0 spiro atoms. The van der Waals surface area contributed by atoms with Gasteiger partial charge in [0.25, 0.3) is 5.56 Å². The zero-order chi connectivity index (χ0) is 40.9. The van der Waals surface area contributed by atoms with E-state index < -0.39 is 12.1 Å². The largest absolute Gasteiger partial charge is 0.368 e. The predicted octanol–water partition coefficient (Wildman–Crippen LogP) is 4.56. The lowest BCUT2D eigenvalue weighted by Crippen LogP contribution is -2.59. The fourth-order valence-electron chi connectivity index (χ4n) is 9.30. The number of nitrogens with one attached hydrogen (secondary N) is 4. The first-order valence-corrected chi connectivity index (χ1v) is 21.3. The number of aromatic amines is 2. The topological polar surface area (TPSA) is 163 Å². The third-order valence-electron chi connectivity index (χ3n) is 12.8. The summed E-state index contributed by atoms with van der Waals surface area (Å²) in [7, 11) is 0. The molecule has 14 nitrogen and oxygen atoms in total. The molecule has 0 unspecified atom stereocenters. The minimum absolute atomic E-state index is 0.0127. The first kappa shape index (κ1) is 40.0. The molecule has 4 N–H and O–H groups in total. The number of aryl methyl sites for hydroxylation is 1. The smallest absolute Gasteiger partial charge is 0.318 e. The average Bonchev–Trinajstić information content (AvgIpc) is 3.76. The highest BCUT2D eigenvalue weighted by atomic mass is 16.2. The maximum atomic E-state index is 14.6. The Morgan fingerprint density at radius 2 is 1.58 bits per heavy atom. The number of H-pyrrole nitrogens is 2. The molecule has 6 heterocycles. The van der Waals surface area contributed by atoms with Crippen molar-refractivity contribution in [2.24, 2.45) is 5.92 Å². The van der Waals surface area contributed by atoms with E-state index in [4.69, 9.17) is 0 Å². The molecule has 3 saturated heterocycles. The van der Waals surface area contributed by atoms with Crippen molar-refractivity contribution >= 4 is 45.3 Å². The Bertz CT molecular complexity index is 2300. The highest BCUT2D eigenvalue weighted by Gasteiger charge is 2.35. The van der Waals surface area contributed by atoms with E-state index >= 15 is 0 Å². The van der Waals surface area contributed by atoms with Crippen LogP contribution in [-0.2, 0) is 16.0 Å². The van der Waals surface area contributed by atoms with E-state index in [2.05, 4.69) is 47.5 Å². The summed E-state index contributed by atoms with van der Waals surface area (Å²) in [6.07, 6.45) is 9.30. The van der Waals surface area contributed by atoms with Gasteiger partial charge in [-0.05, 0) is 117 Å². The monoisotopic (exact) mass is 800 g/mol. The molecular weight excluding hydrogens is 745 g/mol. The molecule has 3 aliphatic rings. The maximum absolute atomic E-state index is 14.6. The van der Waals surface area contributed by atoms with Crippen LogP contribution in [0.4, 0.5) is 10.5 Å². The molecule has 3 fully saturated rings. The molecule has 3 aromatic heterocycles. The number of urea groups is 1. The number of nitrogens with zero attached hydrogens (tertiary/aromatic N) is 6. The van der Waals surface area contributed by atoms with E-state index in [-0.39, 0.29) is 35.7 Å². The van der Waals surface area contributed by atoms with E-state index in [0.29, 0.717) is 64.4 Å². The number of likely N-dealkylation sites (tertiary alicyclic amines) is 2. The number of hydrogen-bond acceptors (Lipinski definition) is 8. The van der Waals surface area contributed by atoms with E-state index in [1.165, 1.54) is 0 Å². The van der Waals surface area contributed by atoms with Crippen molar-refractivity contribution in [1.29, 1.82) is 0 Å². The van der Waals surface area contributed by atoms with Crippen LogP contribution in [0, 0.1) is 12.8 Å². The van der Waals surface area contributed by atoms with Crippen LogP contribution in [0.1, 0.15) is 61.6 Å². The molecule has 8 rings (SSSR count). The van der Waals surface area contributed by atoms with Gasteiger partial charge in [0.1, 0.15) is 12.1 Å². The number of benzene rings is 2. The van der Waals surface area contributed by atoms with E-state index in [0.717, 1.165) is 76.7 Å². The number of aromatic nitrogens is 4. The van der Waals surface area contributed by atoms with Gasteiger partial charge in [-0.3, -0.25) is 24.5 Å². The fourth-order valence-corrected chi connectivity index (χ4v) is 9.30. The van der Waals surface area contributed by atoms with Crippen LogP contribution in [0.2, 0.25) is 0 Å². The Morgan fingerprint density at radius 1 is 0.831 bits per heavy atom. The third-order valence-corrected chi connectivity index (χ3v) is 12.8. The number of rotatable bonds is 11. The normalized spacial score (nSPS) is 18.2. The molecule has 4 amide bonds. The molecule has 0 saturated carbocycles. The van der Waals surface area contributed by atoms with Gasteiger partial charge in [-0.1, -0.05) is 31.2 Å². The Morgan fingerprint density at radius 3 is 2.32 bits per heavy atom. The summed E-state index contributed by atoms with van der Waals surface area (Å²) in [5.74, 6) is -0.142. The van der Waals surface area contributed by atoms with Crippen LogP contribution < -0.4 is 21.1 Å². The van der Waals surface area contributed by atoms with E-state index in [1.54, 1.807) is 23.5 Å². The van der Waals surface area contributed by atoms with Gasteiger partial charge in [-0.15, -0.1) is 0 Å². The van der Waals surface area contributed by atoms with Crippen molar-refractivity contribution in [3.05, 3.63) is 100 Å². The maximum Gasteiger partial charge on any atom is 0.318 e. The number of anilines is 1. The average molecular weight is 801 g/mol. The van der Waals surface area contributed by atoms with Gasteiger partial charge >= 0.3 is 6.03 Å². The number of fused-ring (bicyclic) bond motifs is 2. The number of carbonyl (C=O) groups is 3. The molecule has 0 aliphatic carbocycles. The first-order valence-electron chi connectivity index (χ1n) is 21.3. The molecule has 14 heteroatoms. The minimum Gasteiger partial charge on any atom is -0.368 e. The second kappa shape index (κ2) is 18.0. The number of piperidine rings is 2. The molecule has 2 atom stereocenters. The Hall–Kier alpha value is -5.76. The molecule has 0 bridgehead atoms. The Kier molecular flexibility index (Phi) is 12.2. The lowest BCUT2D eigenvalue weighted by atomic mass is 9.89. The van der Waals surface area contributed by atoms with Crippen molar-refractivity contribution in [3.8, 4) is 0 Å². The fraction of sp³-hybridized carbons (Fsp3) is 0.467. The third kappa shape index (κ3) is 9.27. The first-order chi connectivity index (χ1) is 28.7. The molecule has 2 aromatic carbocycles. The highest BCUT2D eigenvalue weighted by molar-refractivity contribution is 5.92. The number of carbonyl (C=O) groups excluding carboxylic acids is 3. The summed E-state index contributed by atoms with van der Waals surface area (Å²) in [5.41, 5.74) is 5.32. The number of amides is 4. The predicted molar refractivity (Wildman–Crippen MR) is 229 cm³/mol. The number of para-hydroxylation sites is 1. The minimum atomic E-state index is -0.937.